The van der Waals surface area contributed by atoms with E-state index in [1.54, 1.807) is 0 Å². The molecule has 0 atom stereocenters. The van der Waals surface area contributed by atoms with Crippen molar-refractivity contribution in [2.75, 3.05) is 4.90 Å². The van der Waals surface area contributed by atoms with Crippen LogP contribution < -0.4 is 4.90 Å². The van der Waals surface area contributed by atoms with E-state index < -0.39 is 0 Å². The highest BCUT2D eigenvalue weighted by Gasteiger charge is 2.38. The van der Waals surface area contributed by atoms with E-state index in [1.165, 1.54) is 66.6 Å². The molecule has 2 nitrogen and oxygen atoms in total. The number of rotatable bonds is 4. The van der Waals surface area contributed by atoms with Crippen LogP contribution in [0.3, 0.4) is 0 Å². The van der Waals surface area contributed by atoms with Crippen LogP contribution in [0.4, 0.5) is 17.1 Å². The minimum Gasteiger partial charge on any atom is -0.455 e. The van der Waals surface area contributed by atoms with Gasteiger partial charge in [0.2, 0.25) is 0 Å². The molecule has 0 aliphatic heterocycles. The lowest BCUT2D eigenvalue weighted by molar-refractivity contribution is 0.559. The van der Waals surface area contributed by atoms with Crippen molar-refractivity contribution in [3.63, 3.8) is 0 Å². The summed E-state index contributed by atoms with van der Waals surface area (Å²) in [6.45, 7) is 30.2. The SMILES string of the molecule is CC(C)(C)c1ccc(-c2cc(N(c3ccc4c(c3)C(C)(C)c3ccccc3-4)c3ccc4c(c3)C(C)(C)c3ccccc3-4)cc3c2oc2c(C(C)(C)C)cc(C(C)(C)C)cc23)cc1. The number of furan rings is 1. The first-order valence-electron chi connectivity index (χ1n) is 22.6. The molecule has 0 spiro atoms. The van der Waals surface area contributed by atoms with Crippen LogP contribution in [0.1, 0.15) is 129 Å². The Morgan fingerprint density at radius 1 is 0.387 bits per heavy atom. The Labute approximate surface area is 369 Å². The third kappa shape index (κ3) is 6.11. The van der Waals surface area contributed by atoms with Gasteiger partial charge in [0.1, 0.15) is 11.2 Å². The van der Waals surface area contributed by atoms with Crippen molar-refractivity contribution in [2.24, 2.45) is 0 Å². The van der Waals surface area contributed by atoms with Gasteiger partial charge in [-0.2, -0.15) is 0 Å². The number of fused-ring (bicyclic) bond motifs is 9. The normalized spacial score (nSPS) is 15.1. The van der Waals surface area contributed by atoms with Crippen LogP contribution in [0.5, 0.6) is 0 Å². The van der Waals surface area contributed by atoms with Crippen LogP contribution in [-0.4, -0.2) is 0 Å². The molecule has 0 amide bonds. The van der Waals surface area contributed by atoms with Crippen molar-refractivity contribution < 1.29 is 4.42 Å². The van der Waals surface area contributed by atoms with Gasteiger partial charge >= 0.3 is 0 Å². The highest BCUT2D eigenvalue weighted by Crippen LogP contribution is 2.54. The summed E-state index contributed by atoms with van der Waals surface area (Å²) in [4.78, 5) is 2.52. The van der Waals surface area contributed by atoms with Crippen molar-refractivity contribution in [1.82, 2.24) is 0 Å². The van der Waals surface area contributed by atoms with Crippen molar-refractivity contribution in [1.29, 1.82) is 0 Å². The van der Waals surface area contributed by atoms with Crippen LogP contribution in [-0.2, 0) is 27.1 Å². The molecular weight excluding hydrogens is 751 g/mol. The summed E-state index contributed by atoms with van der Waals surface area (Å²) < 4.78 is 7.24. The van der Waals surface area contributed by atoms with Crippen molar-refractivity contribution in [2.45, 2.75) is 117 Å². The van der Waals surface area contributed by atoms with E-state index in [0.717, 1.165) is 44.7 Å². The second kappa shape index (κ2) is 13.3. The largest absolute Gasteiger partial charge is 0.455 e. The summed E-state index contributed by atoms with van der Waals surface area (Å²) in [6, 6.07) is 51.0. The highest BCUT2D eigenvalue weighted by atomic mass is 16.3. The average Bonchev–Trinajstić information content (AvgIpc) is 3.79. The number of hydrogen-bond acceptors (Lipinski definition) is 2. The number of nitrogens with zero attached hydrogens (tertiary/aromatic N) is 1. The van der Waals surface area contributed by atoms with Crippen LogP contribution in [0.2, 0.25) is 0 Å². The van der Waals surface area contributed by atoms with Crippen molar-refractivity contribution in [3.05, 3.63) is 172 Å². The molecular formula is C60H61NO. The maximum atomic E-state index is 7.24. The molecule has 10 rings (SSSR count). The third-order valence-corrected chi connectivity index (χ3v) is 14.3. The smallest absolute Gasteiger partial charge is 0.143 e. The minimum atomic E-state index is -0.146. The molecule has 7 aromatic carbocycles. The van der Waals surface area contributed by atoms with Crippen molar-refractivity contribution >= 4 is 39.0 Å². The van der Waals surface area contributed by atoms with E-state index in [9.17, 15) is 0 Å². The Morgan fingerprint density at radius 2 is 0.871 bits per heavy atom. The first-order chi connectivity index (χ1) is 29.1. The number of hydrogen-bond donors (Lipinski definition) is 0. The van der Waals surface area contributed by atoms with Gasteiger partial charge in [-0.1, -0.05) is 181 Å². The van der Waals surface area contributed by atoms with Crippen LogP contribution in [0, 0.1) is 0 Å². The Kier molecular flexibility index (Phi) is 8.64. The maximum Gasteiger partial charge on any atom is 0.143 e. The Bertz CT molecular complexity index is 3000. The first-order valence-corrected chi connectivity index (χ1v) is 22.6. The molecule has 1 aromatic heterocycles. The first kappa shape index (κ1) is 40.2. The fraction of sp³-hybridized carbons (Fsp3) is 0.300. The quantitative estimate of drug-likeness (QED) is 0.176. The van der Waals surface area contributed by atoms with Crippen LogP contribution >= 0.6 is 0 Å². The van der Waals surface area contributed by atoms with Gasteiger partial charge in [-0.25, -0.2) is 0 Å². The molecule has 2 heteroatoms. The lowest BCUT2D eigenvalue weighted by Gasteiger charge is -2.30. The molecule has 8 aromatic rings. The zero-order valence-electron chi connectivity index (χ0n) is 39.1. The molecule has 312 valence electrons. The van der Waals surface area contributed by atoms with Gasteiger partial charge < -0.3 is 9.32 Å². The Balaban J connectivity index is 1.29. The van der Waals surface area contributed by atoms with Gasteiger partial charge in [0.15, 0.2) is 0 Å². The van der Waals surface area contributed by atoms with Gasteiger partial charge in [0, 0.05) is 49.8 Å². The predicted octanol–water partition coefficient (Wildman–Crippen LogP) is 17.2. The van der Waals surface area contributed by atoms with E-state index in [4.69, 9.17) is 4.42 Å². The summed E-state index contributed by atoms with van der Waals surface area (Å²) in [7, 11) is 0. The zero-order valence-corrected chi connectivity index (χ0v) is 39.1. The predicted molar refractivity (Wildman–Crippen MR) is 265 cm³/mol. The van der Waals surface area contributed by atoms with Gasteiger partial charge in [0.25, 0.3) is 0 Å². The number of benzene rings is 7. The lowest BCUT2D eigenvalue weighted by Crippen LogP contribution is -2.18. The summed E-state index contributed by atoms with van der Waals surface area (Å²) in [5.74, 6) is 0. The van der Waals surface area contributed by atoms with Crippen molar-refractivity contribution in [3.8, 4) is 33.4 Å². The molecule has 62 heavy (non-hydrogen) atoms. The van der Waals surface area contributed by atoms with Crippen LogP contribution in [0.15, 0.2) is 138 Å². The Hall–Kier alpha value is -5.86. The molecule has 0 bridgehead atoms. The molecule has 2 aliphatic carbocycles. The van der Waals surface area contributed by atoms with Gasteiger partial charge in [-0.05, 0) is 120 Å². The summed E-state index contributed by atoms with van der Waals surface area (Å²) in [5, 5.41) is 2.31. The molecule has 1 heterocycles. The lowest BCUT2D eigenvalue weighted by atomic mass is 9.79. The van der Waals surface area contributed by atoms with Gasteiger partial charge in [0.05, 0.1) is 0 Å². The molecule has 0 unspecified atom stereocenters. The van der Waals surface area contributed by atoms with Crippen LogP contribution in [0.25, 0.3) is 55.3 Å². The molecule has 0 N–H and O–H groups in total. The maximum absolute atomic E-state index is 7.24. The van der Waals surface area contributed by atoms with Gasteiger partial charge in [-0.15, -0.1) is 0 Å². The average molecular weight is 812 g/mol. The molecule has 0 fully saturated rings. The summed E-state index contributed by atoms with van der Waals surface area (Å²) >= 11 is 0. The third-order valence-electron chi connectivity index (χ3n) is 14.3. The fourth-order valence-electron chi connectivity index (χ4n) is 10.6. The Morgan fingerprint density at radius 3 is 1.37 bits per heavy atom. The molecule has 0 saturated carbocycles. The molecule has 2 aliphatic rings. The van der Waals surface area contributed by atoms with E-state index in [2.05, 4.69) is 228 Å². The topological polar surface area (TPSA) is 16.4 Å². The minimum absolute atomic E-state index is 0.0405. The van der Waals surface area contributed by atoms with E-state index in [0.29, 0.717) is 0 Å². The second-order valence-electron chi connectivity index (χ2n) is 22.3. The molecule has 0 saturated heterocycles. The summed E-state index contributed by atoms with van der Waals surface area (Å²) in [5.41, 5.74) is 21.8. The zero-order chi connectivity index (χ0) is 43.9. The van der Waals surface area contributed by atoms with Gasteiger partial charge in [-0.3, -0.25) is 0 Å². The van der Waals surface area contributed by atoms with E-state index >= 15 is 0 Å². The van der Waals surface area contributed by atoms with E-state index in [1.807, 2.05) is 0 Å². The standard InChI is InChI=1S/C60H61NO/c1-56(2,3)37-24-22-36(23-25-37)46-32-41(33-48-47-30-38(57(4,5)6)31-53(58(7,8)9)55(47)62-54(46)48)61(39-26-28-44-42-18-14-16-20-49(42)59(10,11)51(44)34-39)40-27-29-45-43-19-15-17-21-50(43)60(12,13)52(45)35-40/h14-35H,1-13H3. The second-order valence-corrected chi connectivity index (χ2v) is 22.3. The molecule has 0 radical (unpaired) electrons. The highest BCUT2D eigenvalue weighted by molar-refractivity contribution is 6.13. The number of anilines is 3. The van der Waals surface area contributed by atoms with E-state index in [-0.39, 0.29) is 27.1 Å². The monoisotopic (exact) mass is 811 g/mol. The summed E-state index contributed by atoms with van der Waals surface area (Å²) in [6.07, 6.45) is 0. The fourth-order valence-corrected chi connectivity index (χ4v) is 10.6.